The highest BCUT2D eigenvalue weighted by Crippen LogP contribution is 2.31. The van der Waals surface area contributed by atoms with Gasteiger partial charge in [0.15, 0.2) is 4.91 Å². The molecule has 0 saturated carbocycles. The zero-order valence-corrected chi connectivity index (χ0v) is 16.5. The predicted octanol–water partition coefficient (Wildman–Crippen LogP) is 5.59. The topological polar surface area (TPSA) is 70.8 Å². The van der Waals surface area contributed by atoms with E-state index >= 15 is 0 Å². The number of hydrogen-bond acceptors (Lipinski definition) is 5. The summed E-state index contributed by atoms with van der Waals surface area (Å²) in [6.07, 6.45) is 1.16. The van der Waals surface area contributed by atoms with Gasteiger partial charge in [-0.05, 0) is 48.5 Å². The summed E-state index contributed by atoms with van der Waals surface area (Å²) in [7, 11) is -4.16. The number of allylic oxidation sites excluding steroid dienone is 1. The minimum Gasteiger partial charge on any atom is -0.237 e. The summed E-state index contributed by atoms with van der Waals surface area (Å²) in [5.74, 6) is -0.369. The van der Waals surface area contributed by atoms with Gasteiger partial charge in [0.1, 0.15) is 16.9 Å². The van der Waals surface area contributed by atoms with Crippen LogP contribution in [0.15, 0.2) is 57.6 Å². The molecule has 3 rings (SSSR count). The average molecular weight is 439 g/mol. The molecular weight excluding hydrogens is 430 g/mol. The van der Waals surface area contributed by atoms with Crippen LogP contribution in [0, 0.1) is 17.1 Å². The van der Waals surface area contributed by atoms with Gasteiger partial charge in [-0.1, -0.05) is 23.2 Å². The molecule has 0 N–H and O–H groups in total. The van der Waals surface area contributed by atoms with Gasteiger partial charge in [0.2, 0.25) is 9.84 Å². The molecule has 0 fully saturated rings. The minimum absolute atomic E-state index is 0.0363. The minimum atomic E-state index is -4.16. The highest BCUT2D eigenvalue weighted by atomic mass is 35.5. The van der Waals surface area contributed by atoms with Gasteiger partial charge in [0.05, 0.1) is 15.6 Å². The molecular formula is C18H9Cl2FN2O2S2. The normalized spacial score (nSPS) is 12.0. The summed E-state index contributed by atoms with van der Waals surface area (Å²) in [5, 5.41) is 11.7. The Morgan fingerprint density at radius 1 is 1.19 bits per heavy atom. The molecule has 0 aliphatic rings. The van der Waals surface area contributed by atoms with Gasteiger partial charge in [-0.15, -0.1) is 11.3 Å². The third-order valence-corrected chi connectivity index (χ3v) is 6.77. The van der Waals surface area contributed by atoms with E-state index in [2.05, 4.69) is 4.98 Å². The third-order valence-electron chi connectivity index (χ3n) is 3.47. The van der Waals surface area contributed by atoms with Gasteiger partial charge in [0, 0.05) is 16.0 Å². The monoisotopic (exact) mass is 438 g/mol. The number of rotatable bonds is 4. The van der Waals surface area contributed by atoms with Gasteiger partial charge < -0.3 is 0 Å². The van der Waals surface area contributed by atoms with Crippen molar-refractivity contribution >= 4 is 50.5 Å². The van der Waals surface area contributed by atoms with Gasteiger partial charge in [-0.2, -0.15) is 5.26 Å². The molecule has 0 atom stereocenters. The Balaban J connectivity index is 2.01. The lowest BCUT2D eigenvalue weighted by molar-refractivity contribution is 0.603. The van der Waals surface area contributed by atoms with Crippen LogP contribution in [0.4, 0.5) is 4.39 Å². The van der Waals surface area contributed by atoms with Crippen LogP contribution in [0.25, 0.3) is 16.6 Å². The molecule has 0 aliphatic heterocycles. The Kier molecular flexibility index (Phi) is 5.63. The summed E-state index contributed by atoms with van der Waals surface area (Å²) in [6, 6.07) is 11.4. The molecule has 1 aromatic heterocycles. The highest BCUT2D eigenvalue weighted by Gasteiger charge is 2.24. The van der Waals surface area contributed by atoms with Crippen molar-refractivity contribution < 1.29 is 12.8 Å². The van der Waals surface area contributed by atoms with Crippen LogP contribution in [-0.2, 0) is 9.84 Å². The standard InChI is InChI=1S/C18H9Cl2FN2O2S2/c19-12-3-6-16(20)17(7-12)27(24,25)15(9-22)8-14-10-26-18(23-14)11-1-4-13(21)5-2-11/h1-8,10H/b15-8+. The van der Waals surface area contributed by atoms with Gasteiger partial charge in [-0.3, -0.25) is 0 Å². The fourth-order valence-electron chi connectivity index (χ4n) is 2.18. The SMILES string of the molecule is N#C/C(=C\c1csc(-c2ccc(F)cc2)n1)S(=O)(=O)c1cc(Cl)ccc1Cl. The molecule has 9 heteroatoms. The van der Waals surface area contributed by atoms with E-state index in [0.717, 1.165) is 6.08 Å². The lowest BCUT2D eigenvalue weighted by atomic mass is 10.2. The van der Waals surface area contributed by atoms with Gasteiger partial charge in [0.25, 0.3) is 0 Å². The van der Waals surface area contributed by atoms with Crippen LogP contribution in [0.2, 0.25) is 10.0 Å². The number of halogens is 3. The number of benzene rings is 2. The first kappa shape index (κ1) is 19.5. The van der Waals surface area contributed by atoms with Crippen molar-refractivity contribution in [2.24, 2.45) is 0 Å². The maximum atomic E-state index is 13.0. The Morgan fingerprint density at radius 3 is 2.56 bits per heavy atom. The molecule has 0 radical (unpaired) electrons. The van der Waals surface area contributed by atoms with Gasteiger partial charge >= 0.3 is 0 Å². The van der Waals surface area contributed by atoms with E-state index in [1.807, 2.05) is 0 Å². The fourth-order valence-corrected chi connectivity index (χ4v) is 4.87. The smallest absolute Gasteiger partial charge is 0.218 e. The number of nitriles is 1. The molecule has 136 valence electrons. The molecule has 0 saturated heterocycles. The van der Waals surface area contributed by atoms with Crippen molar-refractivity contribution in [3.8, 4) is 16.6 Å². The van der Waals surface area contributed by atoms with E-state index in [9.17, 15) is 18.1 Å². The van der Waals surface area contributed by atoms with E-state index in [-0.39, 0.29) is 26.5 Å². The zero-order chi connectivity index (χ0) is 19.6. The average Bonchev–Trinajstić information content (AvgIpc) is 3.10. The number of nitrogens with zero attached hydrogens (tertiary/aromatic N) is 2. The molecule has 0 amide bonds. The van der Waals surface area contributed by atoms with Crippen molar-refractivity contribution in [1.82, 2.24) is 4.98 Å². The third kappa shape index (κ3) is 4.20. The molecule has 1 heterocycles. The lowest BCUT2D eigenvalue weighted by Gasteiger charge is -2.05. The van der Waals surface area contributed by atoms with Crippen LogP contribution in [0.3, 0.4) is 0 Å². The van der Waals surface area contributed by atoms with Crippen LogP contribution < -0.4 is 0 Å². The predicted molar refractivity (Wildman–Crippen MR) is 105 cm³/mol. The van der Waals surface area contributed by atoms with E-state index in [4.69, 9.17) is 23.2 Å². The lowest BCUT2D eigenvalue weighted by Crippen LogP contribution is -2.04. The summed E-state index contributed by atoms with van der Waals surface area (Å²) in [6.45, 7) is 0. The Hall–Kier alpha value is -2.24. The van der Waals surface area contributed by atoms with Crippen molar-refractivity contribution in [2.45, 2.75) is 4.90 Å². The first-order chi connectivity index (χ1) is 12.8. The second-order valence-electron chi connectivity index (χ2n) is 5.28. The van der Waals surface area contributed by atoms with Crippen LogP contribution in [0.5, 0.6) is 0 Å². The van der Waals surface area contributed by atoms with E-state index in [1.54, 1.807) is 23.6 Å². The molecule has 3 aromatic rings. The summed E-state index contributed by atoms with van der Waals surface area (Å²) in [4.78, 5) is 3.53. The Morgan fingerprint density at radius 2 is 1.89 bits per heavy atom. The van der Waals surface area contributed by atoms with Crippen molar-refractivity contribution in [3.05, 3.63) is 74.3 Å². The Bertz CT molecular complexity index is 1180. The van der Waals surface area contributed by atoms with E-state index in [0.29, 0.717) is 10.6 Å². The largest absolute Gasteiger partial charge is 0.237 e. The summed E-state index contributed by atoms with van der Waals surface area (Å²) in [5.41, 5.74) is 0.970. The number of hydrogen-bond donors (Lipinski definition) is 0. The molecule has 0 aliphatic carbocycles. The second-order valence-corrected chi connectivity index (χ2v) is 8.87. The quantitative estimate of drug-likeness (QED) is 0.497. The van der Waals surface area contributed by atoms with Gasteiger partial charge in [-0.25, -0.2) is 17.8 Å². The van der Waals surface area contributed by atoms with Crippen molar-refractivity contribution in [3.63, 3.8) is 0 Å². The summed E-state index contributed by atoms with van der Waals surface area (Å²) < 4.78 is 38.5. The first-order valence-corrected chi connectivity index (χ1v) is 10.5. The molecule has 4 nitrogen and oxygen atoms in total. The van der Waals surface area contributed by atoms with Crippen molar-refractivity contribution in [1.29, 1.82) is 5.26 Å². The van der Waals surface area contributed by atoms with E-state index < -0.39 is 14.7 Å². The number of thiazole rings is 1. The molecule has 0 unspecified atom stereocenters. The zero-order valence-electron chi connectivity index (χ0n) is 13.4. The van der Waals surface area contributed by atoms with Crippen molar-refractivity contribution in [2.75, 3.05) is 0 Å². The Labute approximate surface area is 169 Å². The fraction of sp³-hybridized carbons (Fsp3) is 0. The molecule has 2 aromatic carbocycles. The molecule has 27 heavy (non-hydrogen) atoms. The number of aromatic nitrogens is 1. The van der Waals surface area contributed by atoms with E-state index in [1.165, 1.54) is 41.7 Å². The maximum Gasteiger partial charge on any atom is 0.218 e. The maximum absolute atomic E-state index is 13.0. The molecule has 0 spiro atoms. The van der Waals surface area contributed by atoms with Crippen LogP contribution in [-0.4, -0.2) is 13.4 Å². The second kappa shape index (κ2) is 7.79. The molecule has 0 bridgehead atoms. The van der Waals surface area contributed by atoms with Crippen LogP contribution >= 0.6 is 34.5 Å². The highest BCUT2D eigenvalue weighted by molar-refractivity contribution is 7.95. The van der Waals surface area contributed by atoms with Crippen LogP contribution in [0.1, 0.15) is 5.69 Å². The summed E-state index contributed by atoms with van der Waals surface area (Å²) >= 11 is 13.1. The number of sulfone groups is 1. The first-order valence-electron chi connectivity index (χ1n) is 7.34.